The Morgan fingerprint density at radius 1 is 1.56 bits per heavy atom. The molecule has 1 heterocycles. The van der Waals surface area contributed by atoms with Gasteiger partial charge in [0.2, 0.25) is 5.91 Å². The van der Waals surface area contributed by atoms with Crippen LogP contribution in [0.4, 0.5) is 0 Å². The molecule has 4 heteroatoms. The van der Waals surface area contributed by atoms with E-state index in [1.807, 2.05) is 31.2 Å². The summed E-state index contributed by atoms with van der Waals surface area (Å²) in [5.41, 5.74) is 0.953. The Morgan fingerprint density at radius 2 is 2.33 bits per heavy atom. The summed E-state index contributed by atoms with van der Waals surface area (Å²) in [7, 11) is 0. The number of rotatable bonds is 5. The number of amides is 1. The first-order valence-electron chi connectivity index (χ1n) is 6.39. The second-order valence-electron chi connectivity index (χ2n) is 4.53. The van der Waals surface area contributed by atoms with Crippen molar-refractivity contribution in [3.63, 3.8) is 0 Å². The molecule has 2 rings (SSSR count). The summed E-state index contributed by atoms with van der Waals surface area (Å²) in [5, 5.41) is 11.9. The highest BCUT2D eigenvalue weighted by atomic mass is 16.5. The zero-order valence-corrected chi connectivity index (χ0v) is 10.6. The number of nitrogens with one attached hydrogen (secondary N) is 1. The van der Waals surface area contributed by atoms with E-state index in [0.29, 0.717) is 13.0 Å². The molecule has 0 aliphatic carbocycles. The lowest BCUT2D eigenvalue weighted by Gasteiger charge is -2.18. The molecule has 0 aromatic heterocycles. The zero-order chi connectivity index (χ0) is 13.0. The van der Waals surface area contributed by atoms with E-state index in [4.69, 9.17) is 9.84 Å². The van der Waals surface area contributed by atoms with E-state index >= 15 is 0 Å². The van der Waals surface area contributed by atoms with Gasteiger partial charge in [-0.15, -0.1) is 0 Å². The summed E-state index contributed by atoms with van der Waals surface area (Å²) in [5.74, 6) is 0.557. The van der Waals surface area contributed by atoms with Crippen LogP contribution in [0.15, 0.2) is 24.3 Å². The summed E-state index contributed by atoms with van der Waals surface area (Å²) in [6.07, 6.45) is 1.42. The average Bonchev–Trinajstić information content (AvgIpc) is 2.82. The third-order valence-corrected chi connectivity index (χ3v) is 3.33. The monoisotopic (exact) mass is 249 g/mol. The molecule has 4 nitrogen and oxygen atoms in total. The Balaban J connectivity index is 2.03. The number of hydrogen-bond acceptors (Lipinski definition) is 3. The molecule has 1 aromatic rings. The summed E-state index contributed by atoms with van der Waals surface area (Å²) in [4.78, 5) is 12.2. The molecule has 1 aromatic carbocycles. The summed E-state index contributed by atoms with van der Waals surface area (Å²) in [6.45, 7) is 2.50. The average molecular weight is 249 g/mol. The SMILES string of the molecule is CC[C@@H](CCO)NC(=O)[C@@H]1COc2ccccc21. The lowest BCUT2D eigenvalue weighted by Crippen LogP contribution is -2.38. The highest BCUT2D eigenvalue weighted by molar-refractivity contribution is 5.85. The van der Waals surface area contributed by atoms with Crippen molar-refractivity contribution < 1.29 is 14.6 Å². The van der Waals surface area contributed by atoms with Crippen LogP contribution in [0.5, 0.6) is 5.75 Å². The molecule has 2 N–H and O–H groups in total. The Bertz CT molecular complexity index is 419. The van der Waals surface area contributed by atoms with Crippen LogP contribution < -0.4 is 10.1 Å². The van der Waals surface area contributed by atoms with Gasteiger partial charge in [-0.1, -0.05) is 25.1 Å². The second-order valence-corrected chi connectivity index (χ2v) is 4.53. The maximum atomic E-state index is 12.2. The number of carbonyl (C=O) groups excluding carboxylic acids is 1. The van der Waals surface area contributed by atoms with Gasteiger partial charge in [-0.2, -0.15) is 0 Å². The molecular formula is C14H19NO3. The fourth-order valence-corrected chi connectivity index (χ4v) is 2.22. The van der Waals surface area contributed by atoms with Gasteiger partial charge in [0.05, 0.1) is 0 Å². The maximum Gasteiger partial charge on any atom is 0.231 e. The Hall–Kier alpha value is -1.55. The predicted octanol–water partition coefficient (Wildman–Crippen LogP) is 1.44. The number of aliphatic hydroxyl groups excluding tert-OH is 1. The molecular weight excluding hydrogens is 230 g/mol. The topological polar surface area (TPSA) is 58.6 Å². The number of para-hydroxylation sites is 1. The van der Waals surface area contributed by atoms with Gasteiger partial charge in [0.1, 0.15) is 18.3 Å². The molecule has 1 amide bonds. The van der Waals surface area contributed by atoms with Crippen molar-refractivity contribution in [1.29, 1.82) is 0 Å². The Labute approximate surface area is 107 Å². The first-order chi connectivity index (χ1) is 8.76. The molecule has 0 unspecified atom stereocenters. The van der Waals surface area contributed by atoms with E-state index in [0.717, 1.165) is 17.7 Å². The van der Waals surface area contributed by atoms with Crippen LogP contribution in [0.25, 0.3) is 0 Å². The van der Waals surface area contributed by atoms with Gasteiger partial charge in [-0.3, -0.25) is 4.79 Å². The van der Waals surface area contributed by atoms with E-state index < -0.39 is 0 Å². The normalized spacial score (nSPS) is 18.9. The first-order valence-corrected chi connectivity index (χ1v) is 6.39. The standard InChI is InChI=1S/C14H19NO3/c1-2-10(7-8-16)15-14(17)12-9-18-13-6-4-3-5-11(12)13/h3-6,10,12,16H,2,7-9H2,1H3,(H,15,17)/t10-,12+/m0/s1. The zero-order valence-electron chi connectivity index (χ0n) is 10.6. The third kappa shape index (κ3) is 2.64. The van der Waals surface area contributed by atoms with Crippen LogP contribution in [-0.2, 0) is 4.79 Å². The van der Waals surface area contributed by atoms with Crippen LogP contribution in [0.1, 0.15) is 31.2 Å². The second kappa shape index (κ2) is 5.87. The van der Waals surface area contributed by atoms with E-state index in [1.165, 1.54) is 0 Å². The van der Waals surface area contributed by atoms with E-state index in [-0.39, 0.29) is 24.5 Å². The van der Waals surface area contributed by atoms with E-state index in [9.17, 15) is 4.79 Å². The summed E-state index contributed by atoms with van der Waals surface area (Å²) >= 11 is 0. The van der Waals surface area contributed by atoms with Crippen LogP contribution in [0.3, 0.4) is 0 Å². The molecule has 0 fully saturated rings. The molecule has 1 aliphatic rings. The van der Waals surface area contributed by atoms with Crippen molar-refractivity contribution in [1.82, 2.24) is 5.32 Å². The van der Waals surface area contributed by atoms with Crippen molar-refractivity contribution in [2.75, 3.05) is 13.2 Å². The quantitative estimate of drug-likeness (QED) is 0.830. The predicted molar refractivity (Wildman–Crippen MR) is 68.6 cm³/mol. The van der Waals surface area contributed by atoms with Gasteiger partial charge < -0.3 is 15.2 Å². The van der Waals surface area contributed by atoms with Gasteiger partial charge in [-0.05, 0) is 18.9 Å². The number of aliphatic hydroxyl groups is 1. The van der Waals surface area contributed by atoms with Crippen molar-refractivity contribution in [2.45, 2.75) is 31.7 Å². The number of carbonyl (C=O) groups is 1. The highest BCUT2D eigenvalue weighted by Gasteiger charge is 2.30. The summed E-state index contributed by atoms with van der Waals surface area (Å²) in [6, 6.07) is 7.67. The highest BCUT2D eigenvalue weighted by Crippen LogP contribution is 2.33. The molecule has 18 heavy (non-hydrogen) atoms. The van der Waals surface area contributed by atoms with Gasteiger partial charge in [-0.25, -0.2) is 0 Å². The number of hydrogen-bond donors (Lipinski definition) is 2. The molecule has 0 saturated heterocycles. The first kappa shape index (κ1) is 12.9. The largest absolute Gasteiger partial charge is 0.492 e. The van der Waals surface area contributed by atoms with E-state index in [1.54, 1.807) is 0 Å². The molecule has 0 bridgehead atoms. The lowest BCUT2D eigenvalue weighted by atomic mass is 9.99. The number of ether oxygens (including phenoxy) is 1. The smallest absolute Gasteiger partial charge is 0.231 e. The number of fused-ring (bicyclic) bond motifs is 1. The van der Waals surface area contributed by atoms with Gasteiger partial charge in [0.15, 0.2) is 0 Å². The van der Waals surface area contributed by atoms with Crippen molar-refractivity contribution >= 4 is 5.91 Å². The van der Waals surface area contributed by atoms with Gasteiger partial charge in [0.25, 0.3) is 0 Å². The number of benzene rings is 1. The fourth-order valence-electron chi connectivity index (χ4n) is 2.22. The lowest BCUT2D eigenvalue weighted by molar-refractivity contribution is -0.123. The van der Waals surface area contributed by atoms with Crippen LogP contribution in [-0.4, -0.2) is 30.3 Å². The van der Waals surface area contributed by atoms with Crippen LogP contribution in [0.2, 0.25) is 0 Å². The van der Waals surface area contributed by atoms with Gasteiger partial charge >= 0.3 is 0 Å². The summed E-state index contributed by atoms with van der Waals surface area (Å²) < 4.78 is 5.50. The third-order valence-electron chi connectivity index (χ3n) is 3.33. The molecule has 0 saturated carbocycles. The molecule has 0 spiro atoms. The molecule has 98 valence electrons. The molecule has 0 radical (unpaired) electrons. The minimum Gasteiger partial charge on any atom is -0.492 e. The van der Waals surface area contributed by atoms with Crippen molar-refractivity contribution in [2.24, 2.45) is 0 Å². The van der Waals surface area contributed by atoms with Gasteiger partial charge in [0, 0.05) is 18.2 Å². The van der Waals surface area contributed by atoms with Crippen molar-refractivity contribution in [3.8, 4) is 5.75 Å². The Morgan fingerprint density at radius 3 is 3.06 bits per heavy atom. The van der Waals surface area contributed by atoms with Crippen molar-refractivity contribution in [3.05, 3.63) is 29.8 Å². The minimum absolute atomic E-state index is 0.0137. The van der Waals surface area contributed by atoms with E-state index in [2.05, 4.69) is 5.32 Å². The Kier molecular flexibility index (Phi) is 4.20. The molecule has 1 aliphatic heterocycles. The minimum atomic E-state index is -0.228. The fraction of sp³-hybridized carbons (Fsp3) is 0.500. The van der Waals surface area contributed by atoms with Crippen LogP contribution in [0, 0.1) is 0 Å². The molecule has 2 atom stereocenters. The maximum absolute atomic E-state index is 12.2. The van der Waals surface area contributed by atoms with Crippen LogP contribution >= 0.6 is 0 Å².